The van der Waals surface area contributed by atoms with Gasteiger partial charge in [0.2, 0.25) is 0 Å². The fraction of sp³-hybridized carbons (Fsp3) is 0.500. The summed E-state index contributed by atoms with van der Waals surface area (Å²) in [6.45, 7) is 0.798. The van der Waals surface area contributed by atoms with Crippen molar-refractivity contribution in [2.45, 2.75) is 37.6 Å². The molecule has 4 rings (SSSR count). The van der Waals surface area contributed by atoms with E-state index in [2.05, 4.69) is 23.2 Å². The third kappa shape index (κ3) is 1.99. The van der Waals surface area contributed by atoms with Crippen LogP contribution in [0, 0.1) is 5.92 Å². The van der Waals surface area contributed by atoms with Crippen LogP contribution in [0.1, 0.15) is 48.8 Å². The Morgan fingerprint density at radius 1 is 1.15 bits per heavy atom. The van der Waals surface area contributed by atoms with Crippen LogP contribution in [-0.2, 0) is 0 Å². The van der Waals surface area contributed by atoms with Gasteiger partial charge in [0, 0.05) is 6.54 Å². The Kier molecular flexibility index (Phi) is 2.59. The molecule has 0 aromatic heterocycles. The van der Waals surface area contributed by atoms with Gasteiger partial charge in [-0.05, 0) is 48.6 Å². The van der Waals surface area contributed by atoms with Crippen LogP contribution >= 0.6 is 0 Å². The number of carbonyl (C=O) groups is 1. The fourth-order valence-electron chi connectivity index (χ4n) is 3.12. The molecule has 1 unspecified atom stereocenters. The SMILES string of the molecule is NC1=NC(=O)N(CC2CC2)C1c1ccccc1C1CC1. The first-order valence-electron chi connectivity index (χ1n) is 7.47. The van der Waals surface area contributed by atoms with E-state index < -0.39 is 0 Å². The molecule has 0 radical (unpaired) electrons. The number of rotatable bonds is 4. The molecule has 1 aliphatic heterocycles. The van der Waals surface area contributed by atoms with Crippen molar-refractivity contribution >= 4 is 11.9 Å². The summed E-state index contributed by atoms with van der Waals surface area (Å²) in [7, 11) is 0. The number of hydrogen-bond donors (Lipinski definition) is 1. The molecular formula is C16H19N3O. The lowest BCUT2D eigenvalue weighted by Crippen LogP contribution is -2.35. The van der Waals surface area contributed by atoms with Crippen molar-refractivity contribution in [2.75, 3.05) is 6.54 Å². The van der Waals surface area contributed by atoms with E-state index in [-0.39, 0.29) is 12.1 Å². The molecule has 3 aliphatic rings. The number of nitrogens with two attached hydrogens (primary N) is 1. The van der Waals surface area contributed by atoms with Gasteiger partial charge in [-0.3, -0.25) is 0 Å². The highest BCUT2D eigenvalue weighted by Crippen LogP contribution is 2.45. The molecule has 104 valence electrons. The van der Waals surface area contributed by atoms with Crippen LogP contribution in [0.3, 0.4) is 0 Å². The van der Waals surface area contributed by atoms with Gasteiger partial charge < -0.3 is 10.6 Å². The Bertz CT molecular complexity index is 587. The Morgan fingerprint density at radius 3 is 2.50 bits per heavy atom. The normalized spacial score (nSPS) is 26.0. The maximum Gasteiger partial charge on any atom is 0.346 e. The van der Waals surface area contributed by atoms with Crippen molar-refractivity contribution in [3.05, 3.63) is 35.4 Å². The second-order valence-electron chi connectivity index (χ2n) is 6.22. The number of aliphatic imine (C=N–C) groups is 1. The second-order valence-corrected chi connectivity index (χ2v) is 6.22. The van der Waals surface area contributed by atoms with Crippen molar-refractivity contribution in [2.24, 2.45) is 16.6 Å². The van der Waals surface area contributed by atoms with E-state index in [0.717, 1.165) is 6.54 Å². The number of nitrogens with zero attached hydrogens (tertiary/aromatic N) is 2. The third-order valence-electron chi connectivity index (χ3n) is 4.52. The van der Waals surface area contributed by atoms with Gasteiger partial charge in [-0.2, -0.15) is 4.99 Å². The van der Waals surface area contributed by atoms with E-state index in [4.69, 9.17) is 5.73 Å². The topological polar surface area (TPSA) is 58.7 Å². The Hall–Kier alpha value is -1.84. The molecule has 2 N–H and O–H groups in total. The van der Waals surface area contributed by atoms with Gasteiger partial charge in [0.15, 0.2) is 0 Å². The zero-order valence-corrected chi connectivity index (χ0v) is 11.5. The first-order chi connectivity index (χ1) is 9.74. The Morgan fingerprint density at radius 2 is 1.85 bits per heavy atom. The van der Waals surface area contributed by atoms with E-state index >= 15 is 0 Å². The van der Waals surface area contributed by atoms with E-state index in [9.17, 15) is 4.79 Å². The predicted octanol–water partition coefficient (Wildman–Crippen LogP) is 2.81. The van der Waals surface area contributed by atoms with Crippen molar-refractivity contribution in [1.29, 1.82) is 0 Å². The van der Waals surface area contributed by atoms with E-state index in [1.54, 1.807) is 0 Å². The highest BCUT2D eigenvalue weighted by molar-refractivity contribution is 6.03. The molecule has 1 aromatic carbocycles. The molecule has 2 fully saturated rings. The zero-order chi connectivity index (χ0) is 13.7. The molecule has 20 heavy (non-hydrogen) atoms. The van der Waals surface area contributed by atoms with Crippen molar-refractivity contribution in [3.63, 3.8) is 0 Å². The minimum atomic E-state index is -0.162. The highest BCUT2D eigenvalue weighted by atomic mass is 16.2. The van der Waals surface area contributed by atoms with Gasteiger partial charge in [-0.1, -0.05) is 24.3 Å². The van der Waals surface area contributed by atoms with E-state index in [1.807, 2.05) is 11.0 Å². The van der Waals surface area contributed by atoms with Crippen LogP contribution in [0.5, 0.6) is 0 Å². The van der Waals surface area contributed by atoms with Crippen molar-refractivity contribution in [1.82, 2.24) is 4.90 Å². The lowest BCUT2D eigenvalue weighted by molar-refractivity contribution is 0.203. The maximum atomic E-state index is 12.1. The van der Waals surface area contributed by atoms with Crippen LogP contribution in [0.4, 0.5) is 4.79 Å². The quantitative estimate of drug-likeness (QED) is 0.913. The van der Waals surface area contributed by atoms with Crippen molar-refractivity contribution in [3.8, 4) is 0 Å². The van der Waals surface area contributed by atoms with Crippen LogP contribution < -0.4 is 5.73 Å². The smallest absolute Gasteiger partial charge is 0.346 e. The molecular weight excluding hydrogens is 250 g/mol. The van der Waals surface area contributed by atoms with Gasteiger partial charge >= 0.3 is 6.03 Å². The first-order valence-corrected chi connectivity index (χ1v) is 7.47. The van der Waals surface area contributed by atoms with Gasteiger partial charge in [-0.15, -0.1) is 0 Å². The number of hydrogen-bond acceptors (Lipinski definition) is 2. The molecule has 1 atom stereocenters. The summed E-state index contributed by atoms with van der Waals surface area (Å²) in [4.78, 5) is 18.0. The molecule has 4 heteroatoms. The van der Waals surface area contributed by atoms with Gasteiger partial charge in [0.05, 0.1) is 0 Å². The van der Waals surface area contributed by atoms with Crippen LogP contribution in [0.2, 0.25) is 0 Å². The van der Waals surface area contributed by atoms with E-state index in [0.29, 0.717) is 17.7 Å². The summed E-state index contributed by atoms with van der Waals surface area (Å²) in [5.74, 6) is 1.76. The number of benzene rings is 1. The van der Waals surface area contributed by atoms with Crippen LogP contribution in [0.25, 0.3) is 0 Å². The van der Waals surface area contributed by atoms with E-state index in [1.165, 1.54) is 36.8 Å². The molecule has 2 saturated carbocycles. The summed E-state index contributed by atoms with van der Waals surface area (Å²) in [5, 5.41) is 0. The molecule has 0 spiro atoms. The lowest BCUT2D eigenvalue weighted by atomic mass is 9.96. The van der Waals surface area contributed by atoms with Gasteiger partial charge in [0.1, 0.15) is 11.9 Å². The number of amides is 2. The van der Waals surface area contributed by atoms with Crippen molar-refractivity contribution < 1.29 is 4.79 Å². The largest absolute Gasteiger partial charge is 0.385 e. The third-order valence-corrected chi connectivity index (χ3v) is 4.52. The average Bonchev–Trinajstić information content (AvgIpc) is 3.32. The molecule has 0 bridgehead atoms. The lowest BCUT2D eigenvalue weighted by Gasteiger charge is -2.26. The molecule has 1 aromatic rings. The second kappa shape index (κ2) is 4.33. The maximum absolute atomic E-state index is 12.1. The summed E-state index contributed by atoms with van der Waals surface area (Å²) in [5.41, 5.74) is 8.60. The highest BCUT2D eigenvalue weighted by Gasteiger charge is 2.40. The molecule has 2 amide bonds. The Balaban J connectivity index is 1.71. The molecule has 2 aliphatic carbocycles. The van der Waals surface area contributed by atoms with Gasteiger partial charge in [0.25, 0.3) is 0 Å². The number of carbonyl (C=O) groups excluding carboxylic acids is 1. The number of amidine groups is 1. The molecule has 4 nitrogen and oxygen atoms in total. The predicted molar refractivity (Wildman–Crippen MR) is 77.6 cm³/mol. The summed E-state index contributed by atoms with van der Waals surface area (Å²) >= 11 is 0. The standard InChI is InChI=1S/C16H19N3O/c17-15-14(19(16(20)18-15)9-10-5-6-10)13-4-2-1-3-12(13)11-7-8-11/h1-4,10-11,14H,5-9H2,(H2,17,18,20). The van der Waals surface area contributed by atoms with Crippen LogP contribution in [-0.4, -0.2) is 23.3 Å². The molecule has 0 saturated heterocycles. The molecule has 1 heterocycles. The minimum Gasteiger partial charge on any atom is -0.385 e. The number of urea groups is 1. The summed E-state index contributed by atoms with van der Waals surface area (Å²) in [6.07, 6.45) is 4.94. The Labute approximate surface area is 118 Å². The monoisotopic (exact) mass is 269 g/mol. The van der Waals surface area contributed by atoms with Crippen LogP contribution in [0.15, 0.2) is 29.3 Å². The first kappa shape index (κ1) is 11.9. The summed E-state index contributed by atoms with van der Waals surface area (Å²) < 4.78 is 0. The fourth-order valence-corrected chi connectivity index (χ4v) is 3.12. The summed E-state index contributed by atoms with van der Waals surface area (Å²) in [6, 6.07) is 8.10. The average molecular weight is 269 g/mol. The van der Waals surface area contributed by atoms with Gasteiger partial charge in [-0.25, -0.2) is 4.79 Å². The zero-order valence-electron chi connectivity index (χ0n) is 11.5. The minimum absolute atomic E-state index is 0.139.